The summed E-state index contributed by atoms with van der Waals surface area (Å²) < 4.78 is 42.5. The molecule has 1 aromatic carbocycles. The standard InChI is InChI=1S/C20H18ClF3N2O2/c1-18(2)9-19(28,20(22,23)24)15(11-3-4-12(21)17(27)16(11)18)14-7-10-8-25-6-5-13(10)26-14/h3-8,15,26-28H,9H2,1-2H3. The van der Waals surface area contributed by atoms with Gasteiger partial charge in [-0.2, -0.15) is 13.2 Å². The lowest BCUT2D eigenvalue weighted by Gasteiger charge is -2.48. The third-order valence-electron chi connectivity index (χ3n) is 5.58. The number of nitrogens with one attached hydrogen (secondary N) is 1. The predicted molar refractivity (Wildman–Crippen MR) is 99.7 cm³/mol. The van der Waals surface area contributed by atoms with Gasteiger partial charge in [0.05, 0.1) is 10.9 Å². The number of aromatic nitrogens is 2. The molecule has 2 unspecified atom stereocenters. The van der Waals surface area contributed by atoms with Crippen LogP contribution in [-0.2, 0) is 5.41 Å². The van der Waals surface area contributed by atoms with Gasteiger partial charge in [0.25, 0.3) is 0 Å². The molecule has 28 heavy (non-hydrogen) atoms. The summed E-state index contributed by atoms with van der Waals surface area (Å²) in [5, 5.41) is 22.2. The summed E-state index contributed by atoms with van der Waals surface area (Å²) in [6.45, 7) is 3.12. The number of rotatable bonds is 1. The van der Waals surface area contributed by atoms with Crippen LogP contribution in [0.4, 0.5) is 13.2 Å². The Kier molecular flexibility index (Phi) is 4.00. The molecule has 2 heterocycles. The number of benzene rings is 1. The van der Waals surface area contributed by atoms with Crippen molar-refractivity contribution in [1.29, 1.82) is 0 Å². The molecule has 2 aromatic heterocycles. The average Bonchev–Trinajstić information content (AvgIpc) is 2.99. The number of aromatic amines is 1. The van der Waals surface area contributed by atoms with E-state index in [2.05, 4.69) is 9.97 Å². The summed E-state index contributed by atoms with van der Waals surface area (Å²) in [6.07, 6.45) is -2.45. The molecule has 1 aliphatic carbocycles. The Morgan fingerprint density at radius 3 is 2.61 bits per heavy atom. The zero-order valence-electron chi connectivity index (χ0n) is 15.1. The molecule has 0 saturated heterocycles. The number of H-pyrrole nitrogens is 1. The van der Waals surface area contributed by atoms with Gasteiger partial charge in [0, 0.05) is 34.6 Å². The van der Waals surface area contributed by atoms with E-state index in [0.717, 1.165) is 0 Å². The summed E-state index contributed by atoms with van der Waals surface area (Å²) in [5.41, 5.74) is -2.87. The zero-order valence-corrected chi connectivity index (χ0v) is 15.9. The largest absolute Gasteiger partial charge is 0.506 e. The smallest absolute Gasteiger partial charge is 0.418 e. The quantitative estimate of drug-likeness (QED) is 0.527. The molecular weight excluding hydrogens is 393 g/mol. The molecular formula is C20H18ClF3N2O2. The van der Waals surface area contributed by atoms with E-state index in [0.29, 0.717) is 16.5 Å². The highest BCUT2D eigenvalue weighted by Gasteiger charge is 2.64. The van der Waals surface area contributed by atoms with Crippen LogP contribution in [0.1, 0.15) is 43.0 Å². The van der Waals surface area contributed by atoms with Crippen LogP contribution in [0.2, 0.25) is 5.02 Å². The minimum absolute atomic E-state index is 0.0591. The van der Waals surface area contributed by atoms with Crippen LogP contribution in [0.3, 0.4) is 0 Å². The van der Waals surface area contributed by atoms with Gasteiger partial charge < -0.3 is 15.2 Å². The molecule has 0 fully saturated rings. The van der Waals surface area contributed by atoms with E-state index < -0.39 is 29.5 Å². The van der Waals surface area contributed by atoms with Gasteiger partial charge in [-0.25, -0.2) is 0 Å². The Hall–Kier alpha value is -2.25. The Balaban J connectivity index is 2.06. The topological polar surface area (TPSA) is 69.1 Å². The van der Waals surface area contributed by atoms with E-state index in [4.69, 9.17) is 11.6 Å². The molecule has 3 aromatic rings. The van der Waals surface area contributed by atoms with Gasteiger partial charge in [-0.3, -0.25) is 4.98 Å². The Morgan fingerprint density at radius 1 is 1.25 bits per heavy atom. The van der Waals surface area contributed by atoms with Gasteiger partial charge in [-0.05, 0) is 35.6 Å². The molecule has 0 aliphatic heterocycles. The van der Waals surface area contributed by atoms with E-state index in [1.54, 1.807) is 26.0 Å². The maximum Gasteiger partial charge on any atom is 0.418 e. The molecule has 2 atom stereocenters. The van der Waals surface area contributed by atoms with E-state index in [9.17, 15) is 23.4 Å². The number of halogens is 4. The lowest BCUT2D eigenvalue weighted by molar-refractivity contribution is -0.275. The van der Waals surface area contributed by atoms with Gasteiger partial charge >= 0.3 is 6.18 Å². The number of pyridine rings is 1. The second-order valence-corrected chi connectivity index (χ2v) is 8.37. The van der Waals surface area contributed by atoms with Gasteiger partial charge in [-0.1, -0.05) is 31.5 Å². The van der Waals surface area contributed by atoms with Crippen molar-refractivity contribution in [1.82, 2.24) is 9.97 Å². The van der Waals surface area contributed by atoms with E-state index in [1.807, 2.05) is 0 Å². The summed E-state index contributed by atoms with van der Waals surface area (Å²) in [4.78, 5) is 6.97. The number of hydrogen-bond donors (Lipinski definition) is 3. The van der Waals surface area contributed by atoms with Gasteiger partial charge in [-0.15, -0.1) is 0 Å². The maximum absolute atomic E-state index is 14.2. The highest BCUT2D eigenvalue weighted by Crippen LogP contribution is 2.58. The Labute approximate surface area is 164 Å². The van der Waals surface area contributed by atoms with Crippen molar-refractivity contribution in [2.24, 2.45) is 0 Å². The number of aliphatic hydroxyl groups is 1. The van der Waals surface area contributed by atoms with Crippen molar-refractivity contribution in [2.45, 2.75) is 43.4 Å². The molecule has 0 radical (unpaired) electrons. The van der Waals surface area contributed by atoms with E-state index in [-0.39, 0.29) is 22.0 Å². The third-order valence-corrected chi connectivity index (χ3v) is 5.89. The fourth-order valence-corrected chi connectivity index (χ4v) is 4.65. The van der Waals surface area contributed by atoms with E-state index in [1.165, 1.54) is 24.5 Å². The van der Waals surface area contributed by atoms with Crippen molar-refractivity contribution in [3.8, 4) is 5.75 Å². The molecule has 0 spiro atoms. The summed E-state index contributed by atoms with van der Waals surface area (Å²) in [5.74, 6) is -1.71. The number of alkyl halides is 3. The van der Waals surface area contributed by atoms with Gasteiger partial charge in [0.15, 0.2) is 5.60 Å². The molecule has 0 saturated carbocycles. The lowest BCUT2D eigenvalue weighted by atomic mass is 9.60. The predicted octanol–water partition coefficient (Wildman–Crippen LogP) is 5.03. The molecule has 1 aliphatic rings. The van der Waals surface area contributed by atoms with Crippen LogP contribution in [0.15, 0.2) is 36.7 Å². The SMILES string of the molecule is CC1(C)CC(O)(C(F)(F)F)C(c2cc3cnccc3[nH]2)c2ccc(Cl)c(O)c21. The summed E-state index contributed by atoms with van der Waals surface area (Å²) in [7, 11) is 0. The second kappa shape index (κ2) is 5.87. The molecule has 148 valence electrons. The lowest BCUT2D eigenvalue weighted by Crippen LogP contribution is -2.56. The summed E-state index contributed by atoms with van der Waals surface area (Å²) in [6, 6.07) is 6.00. The van der Waals surface area contributed by atoms with Crippen molar-refractivity contribution in [3.05, 3.63) is 58.5 Å². The van der Waals surface area contributed by atoms with Gasteiger partial charge in [0.1, 0.15) is 5.75 Å². The van der Waals surface area contributed by atoms with Crippen molar-refractivity contribution < 1.29 is 23.4 Å². The number of hydrogen-bond acceptors (Lipinski definition) is 3. The minimum Gasteiger partial charge on any atom is -0.506 e. The molecule has 3 N–H and O–H groups in total. The molecule has 8 heteroatoms. The monoisotopic (exact) mass is 410 g/mol. The average molecular weight is 411 g/mol. The zero-order chi connectivity index (χ0) is 20.5. The van der Waals surface area contributed by atoms with Crippen LogP contribution in [-0.4, -0.2) is 32.0 Å². The van der Waals surface area contributed by atoms with Crippen LogP contribution in [0.5, 0.6) is 5.75 Å². The highest BCUT2D eigenvalue weighted by atomic mass is 35.5. The second-order valence-electron chi connectivity index (χ2n) is 7.96. The van der Waals surface area contributed by atoms with Crippen LogP contribution >= 0.6 is 11.6 Å². The van der Waals surface area contributed by atoms with Crippen LogP contribution in [0, 0.1) is 0 Å². The fraction of sp³-hybridized carbons (Fsp3) is 0.350. The minimum atomic E-state index is -4.89. The maximum atomic E-state index is 14.2. The third kappa shape index (κ3) is 2.60. The highest BCUT2D eigenvalue weighted by molar-refractivity contribution is 6.32. The first-order valence-electron chi connectivity index (χ1n) is 8.69. The number of aromatic hydroxyl groups is 1. The van der Waals surface area contributed by atoms with Crippen LogP contribution < -0.4 is 0 Å². The normalized spacial score (nSPS) is 24.3. The van der Waals surface area contributed by atoms with Crippen LogP contribution in [0.25, 0.3) is 10.9 Å². The van der Waals surface area contributed by atoms with Crippen molar-refractivity contribution >= 4 is 22.5 Å². The Morgan fingerprint density at radius 2 is 1.96 bits per heavy atom. The number of nitrogens with zero attached hydrogens (tertiary/aromatic N) is 1. The first-order valence-corrected chi connectivity index (χ1v) is 9.07. The first-order chi connectivity index (χ1) is 13.0. The molecule has 4 rings (SSSR count). The number of fused-ring (bicyclic) bond motifs is 2. The Bertz CT molecular complexity index is 1040. The van der Waals surface area contributed by atoms with E-state index >= 15 is 0 Å². The summed E-state index contributed by atoms with van der Waals surface area (Å²) >= 11 is 6.04. The fourth-order valence-electron chi connectivity index (χ4n) is 4.49. The first kappa shape index (κ1) is 19.1. The molecule has 0 amide bonds. The van der Waals surface area contributed by atoms with Crippen molar-refractivity contribution in [2.75, 3.05) is 0 Å². The number of phenolic OH excluding ortho intramolecular Hbond substituents is 1. The molecule has 0 bridgehead atoms. The number of phenols is 1. The van der Waals surface area contributed by atoms with Crippen molar-refractivity contribution in [3.63, 3.8) is 0 Å². The van der Waals surface area contributed by atoms with Gasteiger partial charge in [0.2, 0.25) is 0 Å². The molecule has 4 nitrogen and oxygen atoms in total.